The summed E-state index contributed by atoms with van der Waals surface area (Å²) in [5.41, 5.74) is -0.507. The van der Waals surface area contributed by atoms with Crippen LogP contribution in [0.1, 0.15) is 40.5 Å². The first-order valence-electron chi connectivity index (χ1n) is 5.09. The van der Waals surface area contributed by atoms with Crippen LogP contribution in [0.25, 0.3) is 0 Å². The van der Waals surface area contributed by atoms with E-state index in [9.17, 15) is 4.79 Å². The van der Waals surface area contributed by atoms with Crippen molar-refractivity contribution in [2.45, 2.75) is 51.9 Å². The number of carbonyl (C=O) groups excluding carboxylic acids is 1. The third-order valence-corrected chi connectivity index (χ3v) is 2.07. The van der Waals surface area contributed by atoms with Crippen molar-refractivity contribution in [2.24, 2.45) is 0 Å². The average Bonchev–Trinajstić information content (AvgIpc) is 1.99. The average molecular weight is 218 g/mol. The van der Waals surface area contributed by atoms with E-state index in [0.717, 1.165) is 12.8 Å². The maximum atomic E-state index is 11.4. The van der Waals surface area contributed by atoms with E-state index in [1.165, 1.54) is 0 Å². The lowest BCUT2D eigenvalue weighted by Crippen LogP contribution is -2.49. The molecule has 88 valence electrons. The van der Waals surface area contributed by atoms with E-state index < -0.39 is 17.5 Å². The molecule has 1 aliphatic rings. The lowest BCUT2D eigenvalue weighted by Gasteiger charge is -2.35. The van der Waals surface area contributed by atoms with Crippen LogP contribution in [-0.2, 0) is 19.2 Å². The fraction of sp³-hybridized carbons (Fsp3) is 0.900. The zero-order valence-corrected chi connectivity index (χ0v) is 9.66. The van der Waals surface area contributed by atoms with E-state index in [-0.39, 0.29) is 6.61 Å². The Morgan fingerprint density at radius 3 is 2.53 bits per heavy atom. The van der Waals surface area contributed by atoms with Gasteiger partial charge in [-0.2, -0.15) is 4.89 Å². The van der Waals surface area contributed by atoms with E-state index in [0.29, 0.717) is 0 Å². The second kappa shape index (κ2) is 4.37. The summed E-state index contributed by atoms with van der Waals surface area (Å²) < 4.78 is 10.1. The zero-order valence-electron chi connectivity index (χ0n) is 9.66. The quantitative estimate of drug-likeness (QED) is 0.535. The SMILES string of the molecule is CCCC(C)(C)OC(=O)OC1(C)COO1. The van der Waals surface area contributed by atoms with Crippen LogP contribution in [0, 0.1) is 0 Å². The van der Waals surface area contributed by atoms with Crippen molar-refractivity contribution < 1.29 is 24.0 Å². The van der Waals surface area contributed by atoms with Gasteiger partial charge in [-0.3, -0.25) is 0 Å². The number of hydrogen-bond acceptors (Lipinski definition) is 5. The fourth-order valence-corrected chi connectivity index (χ4v) is 1.35. The summed E-state index contributed by atoms with van der Waals surface area (Å²) in [4.78, 5) is 20.5. The van der Waals surface area contributed by atoms with E-state index in [1.54, 1.807) is 6.92 Å². The van der Waals surface area contributed by atoms with Crippen molar-refractivity contribution >= 4 is 6.16 Å². The highest BCUT2D eigenvalue weighted by Crippen LogP contribution is 2.25. The Kier molecular flexibility index (Phi) is 3.57. The molecule has 1 rings (SSSR count). The van der Waals surface area contributed by atoms with Gasteiger partial charge < -0.3 is 9.47 Å². The molecule has 1 heterocycles. The van der Waals surface area contributed by atoms with Gasteiger partial charge in [-0.1, -0.05) is 13.3 Å². The standard InChI is InChI=1S/C10H18O5/c1-5-6-9(2,3)13-8(11)14-10(4)7-12-15-10/h5-7H2,1-4H3. The number of carbonyl (C=O) groups is 1. The smallest absolute Gasteiger partial charge is 0.428 e. The van der Waals surface area contributed by atoms with Crippen molar-refractivity contribution in [2.75, 3.05) is 6.61 Å². The van der Waals surface area contributed by atoms with E-state index in [2.05, 4.69) is 9.78 Å². The maximum absolute atomic E-state index is 11.4. The maximum Gasteiger partial charge on any atom is 0.511 e. The highest BCUT2D eigenvalue weighted by Gasteiger charge is 2.42. The van der Waals surface area contributed by atoms with E-state index >= 15 is 0 Å². The van der Waals surface area contributed by atoms with Crippen LogP contribution >= 0.6 is 0 Å². The first-order chi connectivity index (χ1) is 6.87. The Bertz CT molecular complexity index is 232. The topological polar surface area (TPSA) is 54.0 Å². The molecular formula is C10H18O5. The summed E-state index contributed by atoms with van der Waals surface area (Å²) in [5, 5.41) is 0. The molecule has 0 saturated carbocycles. The molecule has 0 aromatic rings. The highest BCUT2D eigenvalue weighted by atomic mass is 17.3. The molecular weight excluding hydrogens is 200 g/mol. The molecule has 0 N–H and O–H groups in total. The predicted molar refractivity (Wildman–Crippen MR) is 52.0 cm³/mol. The zero-order chi connectivity index (χ0) is 11.5. The molecule has 0 aromatic carbocycles. The number of hydrogen-bond donors (Lipinski definition) is 0. The van der Waals surface area contributed by atoms with Gasteiger partial charge in [0.2, 0.25) is 0 Å². The Balaban J connectivity index is 2.35. The van der Waals surface area contributed by atoms with Crippen molar-refractivity contribution in [3.63, 3.8) is 0 Å². The molecule has 0 bridgehead atoms. The third kappa shape index (κ3) is 3.68. The molecule has 0 spiro atoms. The lowest BCUT2D eigenvalue weighted by atomic mass is 10.0. The first kappa shape index (κ1) is 12.3. The van der Waals surface area contributed by atoms with Crippen molar-refractivity contribution in [1.29, 1.82) is 0 Å². The molecule has 1 atom stereocenters. The molecule has 5 nitrogen and oxygen atoms in total. The van der Waals surface area contributed by atoms with Gasteiger partial charge in [-0.25, -0.2) is 9.68 Å². The van der Waals surface area contributed by atoms with Crippen LogP contribution in [-0.4, -0.2) is 24.2 Å². The van der Waals surface area contributed by atoms with Crippen LogP contribution in [0.5, 0.6) is 0 Å². The summed E-state index contributed by atoms with van der Waals surface area (Å²) in [6.45, 7) is 7.57. The van der Waals surface area contributed by atoms with Crippen LogP contribution in [0.2, 0.25) is 0 Å². The normalized spacial score (nSPS) is 25.6. The largest absolute Gasteiger partial charge is 0.511 e. The second-order valence-electron chi connectivity index (χ2n) is 4.44. The molecule has 1 aliphatic heterocycles. The Labute approximate surface area is 89.6 Å². The van der Waals surface area contributed by atoms with E-state index in [1.807, 2.05) is 20.8 Å². The van der Waals surface area contributed by atoms with Gasteiger partial charge in [0, 0.05) is 6.92 Å². The van der Waals surface area contributed by atoms with Gasteiger partial charge in [-0.15, -0.1) is 0 Å². The molecule has 0 aromatic heterocycles. The summed E-state index contributed by atoms with van der Waals surface area (Å²) in [6, 6.07) is 0. The fourth-order valence-electron chi connectivity index (χ4n) is 1.35. The number of ether oxygens (including phenoxy) is 2. The first-order valence-corrected chi connectivity index (χ1v) is 5.09. The van der Waals surface area contributed by atoms with Crippen LogP contribution < -0.4 is 0 Å². The third-order valence-electron chi connectivity index (χ3n) is 2.07. The highest BCUT2D eigenvalue weighted by molar-refractivity contribution is 5.61. The molecule has 15 heavy (non-hydrogen) atoms. The van der Waals surface area contributed by atoms with Crippen LogP contribution in [0.3, 0.4) is 0 Å². The Hall–Kier alpha value is -0.810. The van der Waals surface area contributed by atoms with Crippen molar-refractivity contribution in [3.8, 4) is 0 Å². The van der Waals surface area contributed by atoms with Gasteiger partial charge in [0.25, 0.3) is 5.79 Å². The molecule has 0 radical (unpaired) electrons. The summed E-state index contributed by atoms with van der Waals surface area (Å²) in [7, 11) is 0. The molecule has 0 amide bonds. The Morgan fingerprint density at radius 1 is 1.53 bits per heavy atom. The van der Waals surface area contributed by atoms with Crippen LogP contribution in [0.15, 0.2) is 0 Å². The van der Waals surface area contributed by atoms with Gasteiger partial charge in [0.1, 0.15) is 5.60 Å². The minimum atomic E-state index is -0.987. The van der Waals surface area contributed by atoms with Gasteiger partial charge in [0.15, 0.2) is 6.61 Å². The number of rotatable bonds is 4. The molecule has 1 unspecified atom stereocenters. The summed E-state index contributed by atoms with van der Waals surface area (Å²) in [5.74, 6) is -0.987. The minimum absolute atomic E-state index is 0.232. The Morgan fingerprint density at radius 2 is 2.13 bits per heavy atom. The second-order valence-corrected chi connectivity index (χ2v) is 4.44. The predicted octanol–water partition coefficient (Wildman–Crippen LogP) is 2.40. The molecule has 5 heteroatoms. The minimum Gasteiger partial charge on any atom is -0.428 e. The summed E-state index contributed by atoms with van der Waals surface area (Å²) >= 11 is 0. The molecule has 1 saturated heterocycles. The van der Waals surface area contributed by atoms with Gasteiger partial charge in [0.05, 0.1) is 0 Å². The molecule has 1 fully saturated rings. The van der Waals surface area contributed by atoms with Crippen molar-refractivity contribution in [1.82, 2.24) is 0 Å². The monoisotopic (exact) mass is 218 g/mol. The summed E-state index contributed by atoms with van der Waals surface area (Å²) in [6.07, 6.45) is 1.01. The molecule has 0 aliphatic carbocycles. The van der Waals surface area contributed by atoms with Crippen LogP contribution in [0.4, 0.5) is 4.79 Å². The van der Waals surface area contributed by atoms with Gasteiger partial charge in [-0.05, 0) is 20.3 Å². The lowest BCUT2D eigenvalue weighted by molar-refractivity contribution is -0.522. The van der Waals surface area contributed by atoms with Gasteiger partial charge >= 0.3 is 6.16 Å². The van der Waals surface area contributed by atoms with E-state index in [4.69, 9.17) is 9.47 Å². The van der Waals surface area contributed by atoms with Crippen molar-refractivity contribution in [3.05, 3.63) is 0 Å².